The van der Waals surface area contributed by atoms with E-state index >= 15 is 0 Å². The number of pyridine rings is 1. The van der Waals surface area contributed by atoms with Gasteiger partial charge >= 0.3 is 0 Å². The first kappa shape index (κ1) is 21.6. The Labute approximate surface area is 169 Å². The lowest BCUT2D eigenvalue weighted by Gasteiger charge is -2.42. The molecule has 0 spiro atoms. The number of hydrogen-bond donors (Lipinski definition) is 5. The number of aryl methyl sites for hydroxylation is 1. The molecule has 8 nitrogen and oxygen atoms in total. The highest BCUT2D eigenvalue weighted by atomic mass is 16.6. The first-order valence-electron chi connectivity index (χ1n) is 9.47. The van der Waals surface area contributed by atoms with Crippen molar-refractivity contribution in [3.05, 3.63) is 47.7 Å². The van der Waals surface area contributed by atoms with Gasteiger partial charge in [0.25, 0.3) is 0 Å². The Bertz CT molecular complexity index is 844. The highest BCUT2D eigenvalue weighted by Gasteiger charge is 2.46. The molecule has 2 unspecified atom stereocenters. The van der Waals surface area contributed by atoms with Gasteiger partial charge < -0.3 is 35.2 Å². The lowest BCUT2D eigenvalue weighted by molar-refractivity contribution is -0.250. The highest BCUT2D eigenvalue weighted by Crippen LogP contribution is 2.33. The van der Waals surface area contributed by atoms with E-state index in [4.69, 9.17) is 4.74 Å². The van der Waals surface area contributed by atoms with Crippen LogP contribution >= 0.6 is 0 Å². The number of ether oxygens (including phenoxy) is 1. The summed E-state index contributed by atoms with van der Waals surface area (Å²) < 4.78 is 5.48. The molecule has 5 N–H and O–H groups in total. The van der Waals surface area contributed by atoms with Crippen LogP contribution in [0.3, 0.4) is 0 Å². The van der Waals surface area contributed by atoms with E-state index in [0.29, 0.717) is 5.56 Å². The second-order valence-electron chi connectivity index (χ2n) is 7.61. The van der Waals surface area contributed by atoms with Crippen LogP contribution < -0.4 is 4.90 Å². The zero-order chi connectivity index (χ0) is 21.3. The molecular formula is C21H28N2O6. The topological polar surface area (TPSA) is 127 Å². The Morgan fingerprint density at radius 3 is 2.34 bits per heavy atom. The summed E-state index contributed by atoms with van der Waals surface area (Å²) in [5, 5.41) is 50.3. The van der Waals surface area contributed by atoms with E-state index in [9.17, 15) is 25.5 Å². The van der Waals surface area contributed by atoms with Crippen LogP contribution in [0.15, 0.2) is 36.5 Å². The number of anilines is 1. The Balaban J connectivity index is 1.87. The number of rotatable bonds is 5. The number of nitrogens with zero attached hydrogens (tertiary/aromatic N) is 2. The average Bonchev–Trinajstić information content (AvgIpc) is 2.72. The number of aromatic nitrogens is 1. The summed E-state index contributed by atoms with van der Waals surface area (Å²) in [6.07, 6.45) is -6.24. The Morgan fingerprint density at radius 1 is 1.03 bits per heavy atom. The maximum Gasteiger partial charge on any atom is 0.128 e. The van der Waals surface area contributed by atoms with Gasteiger partial charge in [-0.15, -0.1) is 0 Å². The molecule has 0 aliphatic carbocycles. The second-order valence-corrected chi connectivity index (χ2v) is 7.61. The van der Waals surface area contributed by atoms with Crippen molar-refractivity contribution in [2.45, 2.75) is 43.5 Å². The third-order valence-corrected chi connectivity index (χ3v) is 5.37. The van der Waals surface area contributed by atoms with Gasteiger partial charge in [-0.1, -0.05) is 18.2 Å². The van der Waals surface area contributed by atoms with Gasteiger partial charge in [0.15, 0.2) is 0 Å². The van der Waals surface area contributed by atoms with Crippen molar-refractivity contribution in [2.24, 2.45) is 0 Å². The quantitative estimate of drug-likeness (QED) is 0.471. The minimum absolute atomic E-state index is 0.528. The monoisotopic (exact) mass is 404 g/mol. The van der Waals surface area contributed by atoms with Crippen molar-refractivity contribution in [1.29, 1.82) is 0 Å². The largest absolute Gasteiger partial charge is 0.394 e. The molecule has 1 aromatic heterocycles. The molecule has 6 atom stereocenters. The molecule has 2 heterocycles. The van der Waals surface area contributed by atoms with E-state index in [1.807, 2.05) is 50.2 Å². The molecule has 0 saturated carbocycles. The van der Waals surface area contributed by atoms with Gasteiger partial charge in [0.2, 0.25) is 0 Å². The zero-order valence-electron chi connectivity index (χ0n) is 16.7. The van der Waals surface area contributed by atoms with Crippen molar-refractivity contribution < 1.29 is 30.3 Å². The van der Waals surface area contributed by atoms with Crippen LogP contribution in [0.1, 0.15) is 17.2 Å². The molecule has 1 fully saturated rings. The van der Waals surface area contributed by atoms with E-state index in [0.717, 1.165) is 22.5 Å². The Hall–Kier alpha value is -2.07. The third-order valence-electron chi connectivity index (χ3n) is 5.37. The fourth-order valence-corrected chi connectivity index (χ4v) is 3.60. The molecular weight excluding hydrogens is 376 g/mol. The number of aliphatic hydroxyl groups is 5. The summed E-state index contributed by atoms with van der Waals surface area (Å²) in [6.45, 7) is 1.29. The van der Waals surface area contributed by atoms with E-state index in [-0.39, 0.29) is 0 Å². The van der Waals surface area contributed by atoms with Crippen LogP contribution in [-0.4, -0.2) is 81.7 Å². The molecule has 8 heteroatoms. The fraction of sp³-hybridized carbons (Fsp3) is 0.476. The van der Waals surface area contributed by atoms with Crippen molar-refractivity contribution in [3.63, 3.8) is 0 Å². The third kappa shape index (κ3) is 4.28. The van der Waals surface area contributed by atoms with E-state index in [1.165, 1.54) is 0 Å². The van der Waals surface area contributed by atoms with Crippen molar-refractivity contribution >= 4 is 5.82 Å². The van der Waals surface area contributed by atoms with Gasteiger partial charge in [0.05, 0.1) is 6.61 Å². The smallest absolute Gasteiger partial charge is 0.128 e. The van der Waals surface area contributed by atoms with E-state index in [1.54, 1.807) is 12.3 Å². The molecule has 29 heavy (non-hydrogen) atoms. The van der Waals surface area contributed by atoms with Crippen molar-refractivity contribution in [1.82, 2.24) is 4.98 Å². The van der Waals surface area contributed by atoms with Crippen LogP contribution in [0.2, 0.25) is 0 Å². The standard InChI is InChI=1S/C21H28N2O6/c1-11-8-12(13-6-7-22-16(9-13)23(2)3)4-5-14(11)17(25)21-20(28)19(27)18(26)15(10-24)29-21/h4-9,15,17-21,24-28H,10H2,1-3H3/t15?,17-,18-,19+,20?,21-/m1/s1. The van der Waals surface area contributed by atoms with Crippen LogP contribution in [0.5, 0.6) is 0 Å². The molecule has 0 amide bonds. The Morgan fingerprint density at radius 2 is 1.72 bits per heavy atom. The molecule has 0 radical (unpaired) electrons. The minimum Gasteiger partial charge on any atom is -0.394 e. The maximum absolute atomic E-state index is 10.8. The minimum atomic E-state index is -1.53. The first-order chi connectivity index (χ1) is 13.7. The van der Waals surface area contributed by atoms with Gasteiger partial charge in [-0.2, -0.15) is 0 Å². The van der Waals surface area contributed by atoms with Crippen LogP contribution in [0, 0.1) is 6.92 Å². The lowest BCUT2D eigenvalue weighted by Crippen LogP contribution is -2.59. The van der Waals surface area contributed by atoms with E-state index in [2.05, 4.69) is 4.98 Å². The van der Waals surface area contributed by atoms with Crippen molar-refractivity contribution in [2.75, 3.05) is 25.6 Å². The predicted octanol–water partition coefficient (Wildman–Crippen LogP) is -0.00118. The normalized spacial score (nSPS) is 28.2. The van der Waals surface area contributed by atoms with Gasteiger partial charge in [-0.3, -0.25) is 0 Å². The predicted molar refractivity (Wildman–Crippen MR) is 107 cm³/mol. The van der Waals surface area contributed by atoms with E-state index < -0.39 is 43.2 Å². The van der Waals surface area contributed by atoms with Gasteiger partial charge in [0.1, 0.15) is 42.4 Å². The zero-order valence-corrected chi connectivity index (χ0v) is 16.7. The maximum atomic E-state index is 10.8. The number of benzene rings is 1. The molecule has 2 aromatic rings. The van der Waals surface area contributed by atoms with Crippen molar-refractivity contribution in [3.8, 4) is 11.1 Å². The van der Waals surface area contributed by atoms with Crippen LogP contribution in [0.4, 0.5) is 5.82 Å². The highest BCUT2D eigenvalue weighted by molar-refractivity contribution is 5.67. The molecule has 1 saturated heterocycles. The van der Waals surface area contributed by atoms with Crippen LogP contribution in [0.25, 0.3) is 11.1 Å². The Kier molecular flexibility index (Phi) is 6.52. The number of hydrogen-bond acceptors (Lipinski definition) is 8. The molecule has 1 aromatic carbocycles. The van der Waals surface area contributed by atoms with Gasteiger partial charge in [0, 0.05) is 20.3 Å². The molecule has 1 aliphatic rings. The summed E-state index contributed by atoms with van der Waals surface area (Å²) in [6, 6.07) is 9.37. The summed E-state index contributed by atoms with van der Waals surface area (Å²) >= 11 is 0. The lowest BCUT2D eigenvalue weighted by atomic mass is 9.88. The molecule has 0 bridgehead atoms. The van der Waals surface area contributed by atoms with Gasteiger partial charge in [-0.25, -0.2) is 4.98 Å². The molecule has 158 valence electrons. The number of aliphatic hydroxyl groups excluding tert-OH is 5. The summed E-state index contributed by atoms with van der Waals surface area (Å²) in [5.74, 6) is 0.825. The fourth-order valence-electron chi connectivity index (χ4n) is 3.60. The SMILES string of the molecule is Cc1cc(-c2ccnc(N(C)C)c2)ccc1[C@@H](O)[C@H]1OC(CO)[C@@H](O)[C@H](O)C1O. The average molecular weight is 404 g/mol. The first-order valence-corrected chi connectivity index (χ1v) is 9.47. The summed E-state index contributed by atoms with van der Waals surface area (Å²) in [4.78, 5) is 6.22. The summed E-state index contributed by atoms with van der Waals surface area (Å²) in [7, 11) is 3.83. The second kappa shape index (κ2) is 8.74. The van der Waals surface area contributed by atoms with Crippen LogP contribution in [-0.2, 0) is 4.74 Å². The molecule has 3 rings (SSSR count). The van der Waals surface area contributed by atoms with Gasteiger partial charge in [-0.05, 0) is 41.3 Å². The summed E-state index contributed by atoms with van der Waals surface area (Å²) in [5.41, 5.74) is 3.22. The molecule has 1 aliphatic heterocycles.